The number of hydrogen-bond acceptors (Lipinski definition) is 3. The van der Waals surface area contributed by atoms with Crippen LogP contribution in [0.15, 0.2) is 77.5 Å². The quantitative estimate of drug-likeness (QED) is 0.379. The van der Waals surface area contributed by atoms with Crippen molar-refractivity contribution in [1.29, 1.82) is 0 Å². The minimum atomic E-state index is -0.485. The van der Waals surface area contributed by atoms with Crippen LogP contribution in [-0.4, -0.2) is 23.1 Å². The lowest BCUT2D eigenvalue weighted by atomic mass is 10.0. The van der Waals surface area contributed by atoms with Crippen LogP contribution in [0.4, 0.5) is 5.69 Å². The molecular formula is C28H28N2O3. The van der Waals surface area contributed by atoms with Gasteiger partial charge < -0.3 is 9.30 Å². The number of hydrogen-bond donors (Lipinski definition) is 0. The van der Waals surface area contributed by atoms with Gasteiger partial charge in [-0.25, -0.2) is 4.79 Å². The Hall–Kier alpha value is -3.86. The minimum Gasteiger partial charge on any atom is -0.462 e. The molecule has 0 fully saturated rings. The average molecular weight is 441 g/mol. The fourth-order valence-corrected chi connectivity index (χ4v) is 4.35. The van der Waals surface area contributed by atoms with Crippen molar-refractivity contribution in [2.45, 2.75) is 34.6 Å². The molecule has 5 nitrogen and oxygen atoms in total. The molecule has 0 atom stereocenters. The molecule has 0 radical (unpaired) electrons. The summed E-state index contributed by atoms with van der Waals surface area (Å²) >= 11 is 0. The van der Waals surface area contributed by atoms with Crippen molar-refractivity contribution in [1.82, 2.24) is 4.57 Å². The van der Waals surface area contributed by atoms with Crippen molar-refractivity contribution < 1.29 is 14.3 Å². The highest BCUT2D eigenvalue weighted by Gasteiger charge is 2.38. The molecule has 3 aromatic rings. The molecule has 0 bridgehead atoms. The number of nitrogens with zero attached hydrogens (tertiary/aromatic N) is 2. The molecule has 168 valence electrons. The van der Waals surface area contributed by atoms with E-state index >= 15 is 0 Å². The Bertz CT molecular complexity index is 1280. The number of esters is 1. The molecule has 1 aromatic heterocycles. The van der Waals surface area contributed by atoms with Gasteiger partial charge in [-0.15, -0.1) is 0 Å². The number of anilines is 1. The van der Waals surface area contributed by atoms with Gasteiger partial charge in [-0.2, -0.15) is 0 Å². The van der Waals surface area contributed by atoms with Crippen molar-refractivity contribution in [3.63, 3.8) is 0 Å². The third-order valence-electron chi connectivity index (χ3n) is 5.96. The zero-order valence-corrected chi connectivity index (χ0v) is 19.7. The summed E-state index contributed by atoms with van der Waals surface area (Å²) in [6.45, 7) is 9.84. The van der Waals surface area contributed by atoms with Crippen LogP contribution < -0.4 is 4.90 Å². The van der Waals surface area contributed by atoms with Gasteiger partial charge in [-0.3, -0.25) is 9.69 Å². The second-order valence-corrected chi connectivity index (χ2v) is 8.21. The third kappa shape index (κ3) is 4.02. The molecule has 0 saturated heterocycles. The summed E-state index contributed by atoms with van der Waals surface area (Å²) in [5, 5.41) is 0. The second kappa shape index (κ2) is 8.94. The molecule has 33 heavy (non-hydrogen) atoms. The van der Waals surface area contributed by atoms with Gasteiger partial charge in [-0.05, 0) is 76.6 Å². The number of carbonyl (C=O) groups excluding carboxylic acids is 2. The molecule has 4 rings (SSSR count). The van der Waals surface area contributed by atoms with Crippen LogP contribution in [0, 0.1) is 20.8 Å². The van der Waals surface area contributed by atoms with Gasteiger partial charge >= 0.3 is 5.97 Å². The molecule has 1 amide bonds. The van der Waals surface area contributed by atoms with Crippen LogP contribution >= 0.6 is 0 Å². The Kier molecular flexibility index (Phi) is 6.05. The van der Waals surface area contributed by atoms with Gasteiger partial charge in [0.15, 0.2) is 0 Å². The Balaban J connectivity index is 1.84. The monoisotopic (exact) mass is 440 g/mol. The summed E-state index contributed by atoms with van der Waals surface area (Å²) in [6, 6.07) is 19.8. The Morgan fingerprint density at radius 3 is 2.24 bits per heavy atom. The number of allylic oxidation sites excluding steroid dienone is 1. The summed E-state index contributed by atoms with van der Waals surface area (Å²) in [5.41, 5.74) is 7.04. The van der Waals surface area contributed by atoms with E-state index in [0.717, 1.165) is 33.9 Å². The number of para-hydroxylation sites is 1. The highest BCUT2D eigenvalue weighted by atomic mass is 16.5. The van der Waals surface area contributed by atoms with Crippen LogP contribution in [-0.2, 0) is 14.3 Å². The fraction of sp³-hybridized carbons (Fsp3) is 0.214. The number of aromatic nitrogens is 1. The third-order valence-corrected chi connectivity index (χ3v) is 5.96. The van der Waals surface area contributed by atoms with Gasteiger partial charge in [0.05, 0.1) is 17.8 Å². The zero-order chi connectivity index (χ0) is 23.7. The van der Waals surface area contributed by atoms with E-state index in [-0.39, 0.29) is 12.5 Å². The lowest BCUT2D eigenvalue weighted by molar-refractivity contribution is -0.138. The van der Waals surface area contributed by atoms with E-state index in [0.29, 0.717) is 16.8 Å². The van der Waals surface area contributed by atoms with Gasteiger partial charge in [0.25, 0.3) is 5.91 Å². The largest absolute Gasteiger partial charge is 0.462 e. The molecule has 1 aliphatic rings. The van der Waals surface area contributed by atoms with E-state index in [4.69, 9.17) is 4.74 Å². The van der Waals surface area contributed by atoms with Crippen molar-refractivity contribution in [3.05, 3.63) is 100 Å². The van der Waals surface area contributed by atoms with E-state index < -0.39 is 5.97 Å². The topological polar surface area (TPSA) is 51.5 Å². The predicted octanol–water partition coefficient (Wildman–Crippen LogP) is 5.67. The average Bonchev–Trinajstić information content (AvgIpc) is 3.21. The lowest BCUT2D eigenvalue weighted by Gasteiger charge is -2.18. The molecule has 5 heteroatoms. The Morgan fingerprint density at radius 2 is 1.61 bits per heavy atom. The van der Waals surface area contributed by atoms with Gasteiger partial charge in [0.2, 0.25) is 0 Å². The minimum absolute atomic E-state index is 0.232. The number of benzene rings is 2. The first-order valence-corrected chi connectivity index (χ1v) is 11.1. The lowest BCUT2D eigenvalue weighted by Crippen LogP contribution is -2.24. The molecule has 1 aliphatic heterocycles. The first kappa shape index (κ1) is 22.3. The van der Waals surface area contributed by atoms with Crippen molar-refractivity contribution in [2.75, 3.05) is 11.5 Å². The fourth-order valence-electron chi connectivity index (χ4n) is 4.35. The second-order valence-electron chi connectivity index (χ2n) is 8.21. The molecule has 0 spiro atoms. The molecule has 2 aromatic carbocycles. The SMILES string of the molecule is CCOC(=O)C1=C(C)N(c2ccc(C)cc2)C(=O)C1=Cc1cc(C)n(-c2ccccc2)c1C. The number of aryl methyl sites for hydroxylation is 2. The van der Waals surface area contributed by atoms with E-state index in [9.17, 15) is 9.59 Å². The smallest absolute Gasteiger partial charge is 0.340 e. The molecule has 0 N–H and O–H groups in total. The number of carbonyl (C=O) groups is 2. The summed E-state index contributed by atoms with van der Waals surface area (Å²) < 4.78 is 7.47. The normalized spacial score (nSPS) is 15.0. The van der Waals surface area contributed by atoms with Crippen LogP contribution in [0.5, 0.6) is 0 Å². The van der Waals surface area contributed by atoms with Crippen LogP contribution in [0.2, 0.25) is 0 Å². The summed E-state index contributed by atoms with van der Waals surface area (Å²) in [7, 11) is 0. The van der Waals surface area contributed by atoms with Crippen LogP contribution in [0.1, 0.15) is 36.4 Å². The number of ether oxygens (including phenoxy) is 1. The van der Waals surface area contributed by atoms with Crippen LogP contribution in [0.3, 0.4) is 0 Å². The van der Waals surface area contributed by atoms with E-state index in [1.807, 2.05) is 87.5 Å². The predicted molar refractivity (Wildman–Crippen MR) is 131 cm³/mol. The molecule has 0 aliphatic carbocycles. The summed E-state index contributed by atoms with van der Waals surface area (Å²) in [5.74, 6) is -0.718. The summed E-state index contributed by atoms with van der Waals surface area (Å²) in [6.07, 6.45) is 1.81. The van der Waals surface area contributed by atoms with E-state index in [2.05, 4.69) is 4.57 Å². The number of rotatable bonds is 5. The van der Waals surface area contributed by atoms with E-state index in [1.54, 1.807) is 18.7 Å². The Labute approximate surface area is 194 Å². The maximum absolute atomic E-state index is 13.6. The van der Waals surface area contributed by atoms with Gasteiger partial charge in [-0.1, -0.05) is 35.9 Å². The maximum Gasteiger partial charge on any atom is 0.340 e. The van der Waals surface area contributed by atoms with Gasteiger partial charge in [0, 0.05) is 28.5 Å². The first-order chi connectivity index (χ1) is 15.8. The standard InChI is InChI=1S/C28H28N2O3/c1-6-33-28(32)26-21(5)30(24-14-12-18(2)13-15-24)27(31)25(26)17-22-16-19(3)29(20(22)4)23-10-8-7-9-11-23/h7-17H,6H2,1-5H3. The van der Waals surface area contributed by atoms with Gasteiger partial charge in [0.1, 0.15) is 0 Å². The molecule has 2 heterocycles. The van der Waals surface area contributed by atoms with Crippen molar-refractivity contribution >= 4 is 23.6 Å². The van der Waals surface area contributed by atoms with Crippen LogP contribution in [0.25, 0.3) is 11.8 Å². The van der Waals surface area contributed by atoms with Crippen molar-refractivity contribution in [3.8, 4) is 5.69 Å². The zero-order valence-electron chi connectivity index (χ0n) is 19.7. The highest BCUT2D eigenvalue weighted by molar-refractivity contribution is 6.23. The molecular weight excluding hydrogens is 412 g/mol. The number of amides is 1. The first-order valence-electron chi connectivity index (χ1n) is 11.1. The maximum atomic E-state index is 13.6. The summed E-state index contributed by atoms with van der Waals surface area (Å²) in [4.78, 5) is 28.1. The Morgan fingerprint density at radius 1 is 0.939 bits per heavy atom. The van der Waals surface area contributed by atoms with Crippen molar-refractivity contribution in [2.24, 2.45) is 0 Å². The van der Waals surface area contributed by atoms with E-state index in [1.165, 1.54) is 0 Å². The molecule has 0 saturated carbocycles. The highest BCUT2D eigenvalue weighted by Crippen LogP contribution is 2.36. The molecule has 0 unspecified atom stereocenters.